The summed E-state index contributed by atoms with van der Waals surface area (Å²) in [6.45, 7) is 0. The molecule has 0 radical (unpaired) electrons. The fourth-order valence-electron chi connectivity index (χ4n) is 2.86. The smallest absolute Gasteiger partial charge is 0.318 e. The maximum atomic E-state index is 13.6. The van der Waals surface area contributed by atoms with Crippen LogP contribution in [0.15, 0.2) is 53.4 Å². The van der Waals surface area contributed by atoms with Gasteiger partial charge in [0.1, 0.15) is 11.4 Å². The normalized spacial score (nSPS) is 12.6. The molecule has 0 unspecified atom stereocenters. The molecule has 2 aromatic carbocycles. The van der Waals surface area contributed by atoms with Gasteiger partial charge in [-0.2, -0.15) is 31.4 Å². The zero-order valence-electron chi connectivity index (χ0n) is 15.5. The highest BCUT2D eigenvalue weighted by Gasteiger charge is 2.40. The number of hydrogen-bond acceptors (Lipinski definition) is 4. The standard InChI is InChI=1S/C18H12F6N4O3S/c19-17(20,21)15-13(9-5-7-10(8-6-9)26-16(29)18(22,23)24)14(27-28-15)11-3-1-2-4-12(11)32(25,30)31/h1-8H,(H,26,29)(H,27,28)(H2,25,30,31). The summed E-state index contributed by atoms with van der Waals surface area (Å²) < 4.78 is 102. The number of carbonyl (C=O) groups is 1. The highest BCUT2D eigenvalue weighted by Crippen LogP contribution is 2.42. The predicted octanol–water partition coefficient (Wildman–Crippen LogP) is 3.91. The molecule has 170 valence electrons. The number of amides is 1. The van der Waals surface area contributed by atoms with Crippen molar-refractivity contribution in [3.8, 4) is 22.4 Å². The lowest BCUT2D eigenvalue weighted by Gasteiger charge is -2.12. The molecule has 1 aromatic heterocycles. The van der Waals surface area contributed by atoms with E-state index in [0.717, 1.165) is 30.3 Å². The number of primary sulfonamides is 1. The third-order valence-electron chi connectivity index (χ3n) is 4.19. The van der Waals surface area contributed by atoms with Crippen LogP contribution in [-0.2, 0) is 21.0 Å². The SMILES string of the molecule is NS(=O)(=O)c1ccccc1-c1n[nH]c(C(F)(F)F)c1-c1ccc(NC(=O)C(F)(F)F)cc1. The number of hydrogen-bond donors (Lipinski definition) is 3. The Hall–Kier alpha value is -3.39. The van der Waals surface area contributed by atoms with Crippen molar-refractivity contribution in [3.63, 3.8) is 0 Å². The number of alkyl halides is 6. The minimum Gasteiger partial charge on any atom is -0.318 e. The highest BCUT2D eigenvalue weighted by atomic mass is 32.2. The molecular weight excluding hydrogens is 466 g/mol. The number of H-pyrrole nitrogens is 1. The van der Waals surface area contributed by atoms with Crippen molar-refractivity contribution in [2.24, 2.45) is 5.14 Å². The molecule has 32 heavy (non-hydrogen) atoms. The number of nitrogens with two attached hydrogens (primary N) is 1. The van der Waals surface area contributed by atoms with Crippen LogP contribution in [0.5, 0.6) is 0 Å². The average molecular weight is 478 g/mol. The van der Waals surface area contributed by atoms with Gasteiger partial charge in [-0.1, -0.05) is 30.3 Å². The topological polar surface area (TPSA) is 118 Å². The van der Waals surface area contributed by atoms with E-state index in [1.54, 1.807) is 5.32 Å². The zero-order valence-corrected chi connectivity index (χ0v) is 16.4. The zero-order chi connectivity index (χ0) is 23.9. The van der Waals surface area contributed by atoms with E-state index in [1.165, 1.54) is 18.2 Å². The van der Waals surface area contributed by atoms with Crippen molar-refractivity contribution in [1.82, 2.24) is 10.2 Å². The molecule has 0 fully saturated rings. The van der Waals surface area contributed by atoms with E-state index in [1.807, 2.05) is 5.10 Å². The van der Waals surface area contributed by atoms with Crippen LogP contribution in [0.1, 0.15) is 5.69 Å². The second-order valence-electron chi connectivity index (χ2n) is 6.39. The molecule has 4 N–H and O–H groups in total. The van der Waals surface area contributed by atoms with Gasteiger partial charge in [0.15, 0.2) is 0 Å². The van der Waals surface area contributed by atoms with Gasteiger partial charge in [-0.3, -0.25) is 9.89 Å². The Morgan fingerprint density at radius 1 is 0.969 bits per heavy atom. The number of nitrogens with one attached hydrogen (secondary N) is 2. The van der Waals surface area contributed by atoms with Crippen molar-refractivity contribution < 1.29 is 39.6 Å². The predicted molar refractivity (Wildman–Crippen MR) is 101 cm³/mol. The van der Waals surface area contributed by atoms with Crippen molar-refractivity contribution >= 4 is 21.6 Å². The van der Waals surface area contributed by atoms with E-state index >= 15 is 0 Å². The van der Waals surface area contributed by atoms with Gasteiger partial charge in [0.2, 0.25) is 10.0 Å². The summed E-state index contributed by atoms with van der Waals surface area (Å²) in [4.78, 5) is 10.6. The largest absolute Gasteiger partial charge is 0.471 e. The number of benzene rings is 2. The molecule has 0 saturated heterocycles. The van der Waals surface area contributed by atoms with E-state index in [4.69, 9.17) is 5.14 Å². The monoisotopic (exact) mass is 478 g/mol. The number of anilines is 1. The van der Waals surface area contributed by atoms with Crippen molar-refractivity contribution in [1.29, 1.82) is 0 Å². The summed E-state index contributed by atoms with van der Waals surface area (Å²) in [6.07, 6.45) is -10.1. The molecule has 0 aliphatic rings. The molecule has 1 amide bonds. The summed E-state index contributed by atoms with van der Waals surface area (Å²) in [5.74, 6) is -2.26. The van der Waals surface area contributed by atoms with Crippen LogP contribution in [0, 0.1) is 0 Å². The van der Waals surface area contributed by atoms with E-state index < -0.39 is 50.1 Å². The third-order valence-corrected chi connectivity index (χ3v) is 5.16. The van der Waals surface area contributed by atoms with Crippen LogP contribution in [0.25, 0.3) is 22.4 Å². The molecule has 3 rings (SSSR count). The number of aromatic amines is 1. The van der Waals surface area contributed by atoms with Gasteiger partial charge in [-0.05, 0) is 23.8 Å². The van der Waals surface area contributed by atoms with Crippen LogP contribution in [0.4, 0.5) is 32.0 Å². The summed E-state index contributed by atoms with van der Waals surface area (Å²) in [5, 5.41) is 12.2. The van der Waals surface area contributed by atoms with Gasteiger partial charge in [-0.15, -0.1) is 0 Å². The van der Waals surface area contributed by atoms with Gasteiger partial charge in [-0.25, -0.2) is 13.6 Å². The number of rotatable bonds is 4. The fraction of sp³-hybridized carbons (Fsp3) is 0.111. The van der Waals surface area contributed by atoms with Gasteiger partial charge in [0, 0.05) is 16.8 Å². The first kappa shape index (κ1) is 23.3. The minimum absolute atomic E-state index is 0.157. The molecule has 0 saturated carbocycles. The van der Waals surface area contributed by atoms with Crippen LogP contribution in [0.2, 0.25) is 0 Å². The first-order valence-corrected chi connectivity index (χ1v) is 10.0. The Labute approximate surface area is 176 Å². The van der Waals surface area contributed by atoms with Gasteiger partial charge in [0.25, 0.3) is 0 Å². The third kappa shape index (κ3) is 4.75. The fourth-order valence-corrected chi connectivity index (χ4v) is 3.60. The Bertz CT molecular complexity index is 1270. The summed E-state index contributed by atoms with van der Waals surface area (Å²) >= 11 is 0. The molecule has 0 atom stereocenters. The quantitative estimate of drug-likeness (QED) is 0.493. The van der Waals surface area contributed by atoms with Crippen LogP contribution in [0.3, 0.4) is 0 Å². The van der Waals surface area contributed by atoms with E-state index in [2.05, 4.69) is 5.10 Å². The number of aromatic nitrogens is 2. The second-order valence-corrected chi connectivity index (χ2v) is 7.92. The molecule has 14 heteroatoms. The Morgan fingerprint density at radius 2 is 1.56 bits per heavy atom. The van der Waals surface area contributed by atoms with Crippen molar-refractivity contribution in [3.05, 3.63) is 54.2 Å². The maximum Gasteiger partial charge on any atom is 0.471 e. The molecule has 0 aliphatic carbocycles. The Kier molecular flexibility index (Phi) is 5.78. The molecule has 1 heterocycles. The summed E-state index contributed by atoms with van der Waals surface area (Å²) in [7, 11) is -4.33. The average Bonchev–Trinajstić information content (AvgIpc) is 3.12. The highest BCUT2D eigenvalue weighted by molar-refractivity contribution is 7.89. The lowest BCUT2D eigenvalue weighted by molar-refractivity contribution is -0.167. The molecular formula is C18H12F6N4O3S. The summed E-state index contributed by atoms with van der Waals surface area (Å²) in [5.41, 5.74) is -2.96. The lowest BCUT2D eigenvalue weighted by Crippen LogP contribution is -2.29. The second kappa shape index (κ2) is 7.94. The molecule has 7 nitrogen and oxygen atoms in total. The van der Waals surface area contributed by atoms with Gasteiger partial charge < -0.3 is 5.32 Å². The van der Waals surface area contributed by atoms with Crippen LogP contribution in [-0.4, -0.2) is 30.7 Å². The number of sulfonamides is 1. The minimum atomic E-state index is -5.16. The number of carbonyl (C=O) groups excluding carboxylic acids is 1. The van der Waals surface area contributed by atoms with Crippen molar-refractivity contribution in [2.75, 3.05) is 5.32 Å². The molecule has 0 bridgehead atoms. The van der Waals surface area contributed by atoms with E-state index in [-0.39, 0.29) is 16.8 Å². The van der Waals surface area contributed by atoms with Gasteiger partial charge >= 0.3 is 18.3 Å². The first-order valence-electron chi connectivity index (χ1n) is 8.46. The number of nitrogens with zero attached hydrogens (tertiary/aromatic N) is 1. The van der Waals surface area contributed by atoms with Crippen LogP contribution >= 0.6 is 0 Å². The van der Waals surface area contributed by atoms with Gasteiger partial charge in [0.05, 0.1) is 4.90 Å². The summed E-state index contributed by atoms with van der Waals surface area (Å²) in [6, 6.07) is 8.95. The Balaban J connectivity index is 2.16. The van der Waals surface area contributed by atoms with Crippen LogP contribution < -0.4 is 10.5 Å². The number of halogens is 6. The van der Waals surface area contributed by atoms with E-state index in [0.29, 0.717) is 0 Å². The molecule has 0 spiro atoms. The molecule has 3 aromatic rings. The van der Waals surface area contributed by atoms with Crippen molar-refractivity contribution in [2.45, 2.75) is 17.2 Å². The molecule has 0 aliphatic heterocycles. The maximum absolute atomic E-state index is 13.6. The van der Waals surface area contributed by atoms with E-state index in [9.17, 15) is 39.6 Å². The Morgan fingerprint density at radius 3 is 2.09 bits per heavy atom. The lowest BCUT2D eigenvalue weighted by atomic mass is 9.98. The first-order chi connectivity index (χ1) is 14.7.